The van der Waals surface area contributed by atoms with Gasteiger partial charge in [-0.1, -0.05) is 0 Å². The van der Waals surface area contributed by atoms with Crippen LogP contribution in [0.5, 0.6) is 0 Å². The van der Waals surface area contributed by atoms with Crippen LogP contribution in [0.1, 0.15) is 27.2 Å². The van der Waals surface area contributed by atoms with Gasteiger partial charge in [0, 0.05) is 0 Å². The molecule has 0 aliphatic carbocycles. The van der Waals surface area contributed by atoms with Gasteiger partial charge < -0.3 is 9.84 Å². The average molecular weight is 310 g/mol. The third-order valence-corrected chi connectivity index (χ3v) is 2.20. The predicted molar refractivity (Wildman–Crippen MR) is 52.6 cm³/mol. The van der Waals surface area contributed by atoms with E-state index in [1.807, 2.05) is 0 Å². The van der Waals surface area contributed by atoms with Crippen molar-refractivity contribution in [1.29, 1.82) is 0 Å². The van der Waals surface area contributed by atoms with Crippen LogP contribution < -0.4 is 0 Å². The molecule has 10 heteroatoms. The molecule has 118 valence electrons. The standard InChI is InChI=1S/C10H12F6O4/c1-7(2,3)6(19)20-8(4-5(17)18,9(11,12)13)10(14,15)16/h4H2,1-3H3,(H,17,18). The quantitative estimate of drug-likeness (QED) is 0.643. The van der Waals surface area contributed by atoms with Gasteiger partial charge in [-0.2, -0.15) is 26.3 Å². The second kappa shape index (κ2) is 5.13. The minimum atomic E-state index is -6.12. The Morgan fingerprint density at radius 3 is 1.50 bits per heavy atom. The summed E-state index contributed by atoms with van der Waals surface area (Å²) in [5, 5.41) is 8.30. The largest absolute Gasteiger partial charge is 0.481 e. The SMILES string of the molecule is CC(C)(C)C(=O)OC(CC(=O)O)(C(F)(F)F)C(F)(F)F. The van der Waals surface area contributed by atoms with Crippen LogP contribution in [0.2, 0.25) is 0 Å². The van der Waals surface area contributed by atoms with Gasteiger partial charge in [0.25, 0.3) is 0 Å². The van der Waals surface area contributed by atoms with Crippen LogP contribution in [0.25, 0.3) is 0 Å². The number of rotatable bonds is 3. The summed E-state index contributed by atoms with van der Waals surface area (Å²) in [7, 11) is 0. The monoisotopic (exact) mass is 310 g/mol. The lowest BCUT2D eigenvalue weighted by molar-refractivity contribution is -0.371. The van der Waals surface area contributed by atoms with E-state index in [-0.39, 0.29) is 0 Å². The van der Waals surface area contributed by atoms with E-state index in [1.54, 1.807) is 0 Å². The number of ether oxygens (including phenoxy) is 1. The molecule has 4 nitrogen and oxygen atoms in total. The van der Waals surface area contributed by atoms with Crippen molar-refractivity contribution >= 4 is 11.9 Å². The van der Waals surface area contributed by atoms with E-state index < -0.39 is 41.7 Å². The Morgan fingerprint density at radius 1 is 0.950 bits per heavy atom. The highest BCUT2D eigenvalue weighted by Crippen LogP contribution is 2.49. The fraction of sp³-hybridized carbons (Fsp3) is 0.800. The molecule has 0 radical (unpaired) electrons. The molecule has 0 amide bonds. The number of carbonyl (C=O) groups is 2. The summed E-state index contributed by atoms with van der Waals surface area (Å²) in [6.07, 6.45) is -14.7. The van der Waals surface area contributed by atoms with Crippen molar-refractivity contribution in [2.45, 2.75) is 45.1 Å². The molecule has 0 bridgehead atoms. The molecule has 0 aromatic heterocycles. The summed E-state index contributed by atoms with van der Waals surface area (Å²) in [5.41, 5.74) is -6.74. The Hall–Kier alpha value is -1.48. The zero-order valence-electron chi connectivity index (χ0n) is 10.6. The van der Waals surface area contributed by atoms with Crippen LogP contribution in [0, 0.1) is 5.41 Å². The van der Waals surface area contributed by atoms with Gasteiger partial charge in [-0.05, 0) is 20.8 Å². The van der Waals surface area contributed by atoms with E-state index >= 15 is 0 Å². The number of hydrogen-bond acceptors (Lipinski definition) is 3. The highest BCUT2D eigenvalue weighted by atomic mass is 19.4. The first-order chi connectivity index (χ1) is 8.54. The number of hydrogen-bond donors (Lipinski definition) is 1. The van der Waals surface area contributed by atoms with Gasteiger partial charge in [0.05, 0.1) is 5.41 Å². The Morgan fingerprint density at radius 2 is 1.30 bits per heavy atom. The lowest BCUT2D eigenvalue weighted by Crippen LogP contribution is -2.61. The Bertz CT molecular complexity index is 376. The second-order valence-electron chi connectivity index (χ2n) is 5.03. The van der Waals surface area contributed by atoms with Crippen LogP contribution in [-0.2, 0) is 14.3 Å². The van der Waals surface area contributed by atoms with Crippen molar-refractivity contribution in [3.05, 3.63) is 0 Å². The van der Waals surface area contributed by atoms with Gasteiger partial charge in [0.2, 0.25) is 0 Å². The molecule has 0 saturated carbocycles. The first-order valence-electron chi connectivity index (χ1n) is 5.13. The maximum Gasteiger partial charge on any atom is 0.438 e. The zero-order chi connectivity index (χ0) is 16.6. The maximum absolute atomic E-state index is 12.7. The van der Waals surface area contributed by atoms with E-state index in [2.05, 4.69) is 4.74 Å². The van der Waals surface area contributed by atoms with Crippen LogP contribution in [-0.4, -0.2) is 35.0 Å². The van der Waals surface area contributed by atoms with E-state index in [9.17, 15) is 35.9 Å². The summed E-state index contributed by atoms with van der Waals surface area (Å²) in [6.45, 7) is 3.11. The number of carboxylic acids is 1. The van der Waals surface area contributed by atoms with Crippen LogP contribution in [0.3, 0.4) is 0 Å². The van der Waals surface area contributed by atoms with Gasteiger partial charge in [0.1, 0.15) is 6.42 Å². The van der Waals surface area contributed by atoms with Gasteiger partial charge in [-0.25, -0.2) is 0 Å². The zero-order valence-corrected chi connectivity index (χ0v) is 10.6. The van der Waals surface area contributed by atoms with E-state index in [0.29, 0.717) is 0 Å². The van der Waals surface area contributed by atoms with Crippen molar-refractivity contribution in [2.75, 3.05) is 0 Å². The third-order valence-electron chi connectivity index (χ3n) is 2.20. The molecule has 0 fully saturated rings. The Balaban J connectivity index is 5.91. The van der Waals surface area contributed by atoms with Gasteiger partial charge in [0.15, 0.2) is 0 Å². The highest BCUT2D eigenvalue weighted by Gasteiger charge is 2.75. The Kier molecular flexibility index (Phi) is 4.75. The average Bonchev–Trinajstić information content (AvgIpc) is 2.10. The molecule has 0 rings (SSSR count). The molecule has 0 atom stereocenters. The molecule has 0 aliphatic rings. The van der Waals surface area contributed by atoms with Crippen molar-refractivity contribution in [3.63, 3.8) is 0 Å². The van der Waals surface area contributed by atoms with E-state index in [4.69, 9.17) is 5.11 Å². The topological polar surface area (TPSA) is 63.6 Å². The molecule has 1 N–H and O–H groups in total. The minimum Gasteiger partial charge on any atom is -0.481 e. The summed E-state index contributed by atoms with van der Waals surface area (Å²) < 4.78 is 79.9. The number of esters is 1. The lowest BCUT2D eigenvalue weighted by Gasteiger charge is -2.37. The highest BCUT2D eigenvalue weighted by molar-refractivity contribution is 5.77. The molecule has 0 unspecified atom stereocenters. The molecule has 0 aliphatic heterocycles. The molecular formula is C10H12F6O4. The first-order valence-corrected chi connectivity index (χ1v) is 5.13. The van der Waals surface area contributed by atoms with Crippen molar-refractivity contribution in [3.8, 4) is 0 Å². The first kappa shape index (κ1) is 18.5. The number of carboxylic acid groups (broad SMARTS) is 1. The molecule has 0 aromatic rings. The van der Waals surface area contributed by atoms with Crippen LogP contribution in [0.15, 0.2) is 0 Å². The molecule has 0 spiro atoms. The van der Waals surface area contributed by atoms with Crippen molar-refractivity contribution in [1.82, 2.24) is 0 Å². The van der Waals surface area contributed by atoms with Crippen LogP contribution in [0.4, 0.5) is 26.3 Å². The fourth-order valence-electron chi connectivity index (χ4n) is 1.04. The number of alkyl halides is 6. The normalized spacial score (nSPS) is 14.1. The second-order valence-corrected chi connectivity index (χ2v) is 5.03. The molecular weight excluding hydrogens is 298 g/mol. The van der Waals surface area contributed by atoms with E-state index in [0.717, 1.165) is 20.8 Å². The van der Waals surface area contributed by atoms with E-state index in [1.165, 1.54) is 0 Å². The number of carbonyl (C=O) groups excluding carboxylic acids is 1. The summed E-state index contributed by atoms with van der Waals surface area (Å²) in [4.78, 5) is 21.7. The molecule has 0 aromatic carbocycles. The van der Waals surface area contributed by atoms with Gasteiger partial charge in [-0.15, -0.1) is 0 Å². The van der Waals surface area contributed by atoms with Gasteiger partial charge in [-0.3, -0.25) is 9.59 Å². The summed E-state index contributed by atoms with van der Waals surface area (Å²) in [5.74, 6) is -4.21. The number of halogens is 6. The smallest absolute Gasteiger partial charge is 0.438 e. The minimum absolute atomic E-state index is 1.04. The van der Waals surface area contributed by atoms with Gasteiger partial charge >= 0.3 is 29.9 Å². The molecule has 0 heterocycles. The number of aliphatic carboxylic acids is 1. The van der Waals surface area contributed by atoms with Crippen molar-refractivity contribution < 1.29 is 45.8 Å². The summed E-state index contributed by atoms with van der Waals surface area (Å²) >= 11 is 0. The Labute approximate surface area is 109 Å². The molecule has 20 heavy (non-hydrogen) atoms. The molecule has 0 saturated heterocycles. The lowest BCUT2D eigenvalue weighted by atomic mass is 9.94. The predicted octanol–water partition coefficient (Wildman–Crippen LogP) is 2.91. The maximum atomic E-state index is 12.7. The van der Waals surface area contributed by atoms with Crippen molar-refractivity contribution in [2.24, 2.45) is 5.41 Å². The third kappa shape index (κ3) is 3.76. The van der Waals surface area contributed by atoms with Crippen LogP contribution >= 0.6 is 0 Å². The fourth-order valence-corrected chi connectivity index (χ4v) is 1.04. The summed E-state index contributed by atoms with van der Waals surface area (Å²) in [6, 6.07) is 0.